The molecular weight excluding hydrogens is 240 g/mol. The molecule has 0 bridgehead atoms. The smallest absolute Gasteiger partial charge is 0.114 e. The first-order valence-corrected chi connectivity index (χ1v) is 12.7. The predicted octanol–water partition coefficient (Wildman–Crippen LogP) is 2.49. The maximum atomic E-state index is 10.2. The van der Waals surface area contributed by atoms with Crippen LogP contribution in [0, 0.1) is 12.3 Å². The van der Waals surface area contributed by atoms with Gasteiger partial charge in [0.2, 0.25) is 0 Å². The van der Waals surface area contributed by atoms with Crippen LogP contribution in [0.5, 0.6) is 5.75 Å². The average Bonchev–Trinajstić information content (AvgIpc) is 2.15. The van der Waals surface area contributed by atoms with Crippen LogP contribution >= 0.6 is 0 Å². The molecule has 1 N–H and O–H groups in total. The van der Waals surface area contributed by atoms with E-state index in [1.165, 1.54) is 10.4 Å². The molecule has 0 amide bonds. The highest BCUT2D eigenvalue weighted by Crippen LogP contribution is 2.17. The van der Waals surface area contributed by atoms with Crippen molar-refractivity contribution in [1.82, 2.24) is 0 Å². The number of rotatable bonds is 3. The lowest BCUT2D eigenvalue weighted by Crippen LogP contribution is -2.57. The van der Waals surface area contributed by atoms with E-state index in [4.69, 9.17) is 6.42 Å². The molecule has 1 nitrogen and oxygen atoms in total. The molecule has 0 atom stereocenters. The zero-order valence-electron chi connectivity index (χ0n) is 11.5. The van der Waals surface area contributed by atoms with Gasteiger partial charge in [0.1, 0.15) is 5.75 Å². The Labute approximate surface area is 107 Å². The Hall–Kier alpha value is -0.986. The minimum atomic E-state index is -1.73. The van der Waals surface area contributed by atoms with E-state index in [9.17, 15) is 5.11 Å². The fourth-order valence-corrected chi connectivity index (χ4v) is 8.11. The Bertz CT molecular complexity index is 450. The summed E-state index contributed by atoms with van der Waals surface area (Å²) in [6.07, 6.45) is 5.48. The number of phenolic OH excluding ortho intramolecular Hbond substituents is 1. The number of phenols is 1. The fourth-order valence-electron chi connectivity index (χ4n) is 2.22. The van der Waals surface area contributed by atoms with Gasteiger partial charge in [-0.05, 0) is 11.3 Å². The topological polar surface area (TPSA) is 20.2 Å². The summed E-state index contributed by atoms with van der Waals surface area (Å²) in [5.74, 6) is 3.22. The molecule has 0 aliphatic rings. The van der Waals surface area contributed by atoms with Crippen molar-refractivity contribution >= 4 is 26.5 Å². The molecule has 0 aliphatic carbocycles. The second-order valence-electron chi connectivity index (χ2n) is 6.21. The van der Waals surface area contributed by atoms with Crippen molar-refractivity contribution in [3.8, 4) is 18.1 Å². The third-order valence-corrected chi connectivity index (χ3v) is 8.32. The van der Waals surface area contributed by atoms with Gasteiger partial charge >= 0.3 is 0 Å². The van der Waals surface area contributed by atoms with Gasteiger partial charge in [0.25, 0.3) is 0 Å². The van der Waals surface area contributed by atoms with Crippen molar-refractivity contribution in [2.75, 3.05) is 0 Å². The first-order chi connectivity index (χ1) is 7.70. The Kier molecular flexibility index (Phi) is 3.90. The molecule has 0 heterocycles. The molecule has 0 aliphatic heterocycles. The van der Waals surface area contributed by atoms with Crippen molar-refractivity contribution < 1.29 is 5.11 Å². The van der Waals surface area contributed by atoms with E-state index in [1.54, 1.807) is 6.07 Å². The summed E-state index contributed by atoms with van der Waals surface area (Å²) >= 11 is 0. The van der Waals surface area contributed by atoms with Crippen molar-refractivity contribution in [2.24, 2.45) is 0 Å². The molecular formula is C14H22OSi2. The third-order valence-electron chi connectivity index (χ3n) is 3.07. The van der Waals surface area contributed by atoms with Crippen LogP contribution in [0.15, 0.2) is 18.2 Å². The van der Waals surface area contributed by atoms with E-state index in [2.05, 4.69) is 44.7 Å². The highest BCUT2D eigenvalue weighted by Gasteiger charge is 2.32. The van der Waals surface area contributed by atoms with Gasteiger partial charge in [-0.25, -0.2) is 0 Å². The minimum Gasteiger partial charge on any atom is -0.508 e. The molecule has 0 saturated heterocycles. The molecule has 0 radical (unpaired) electrons. The maximum Gasteiger partial charge on any atom is 0.114 e. The Morgan fingerprint density at radius 3 is 2.24 bits per heavy atom. The van der Waals surface area contributed by atoms with Crippen LogP contribution in [-0.2, 0) is 0 Å². The van der Waals surface area contributed by atoms with Crippen LogP contribution in [0.3, 0.4) is 0 Å². The second kappa shape index (κ2) is 4.71. The number of benzene rings is 1. The Morgan fingerprint density at radius 2 is 1.76 bits per heavy atom. The number of terminal acetylenes is 1. The zero-order chi connectivity index (χ0) is 13.3. The molecule has 0 aromatic heterocycles. The lowest BCUT2D eigenvalue weighted by molar-refractivity contribution is 0.479. The van der Waals surface area contributed by atoms with Gasteiger partial charge in [0.15, 0.2) is 0 Å². The molecule has 3 heteroatoms. The van der Waals surface area contributed by atoms with Crippen LogP contribution in [-0.4, -0.2) is 21.3 Å². The maximum absolute atomic E-state index is 10.2. The van der Waals surface area contributed by atoms with E-state index < -0.39 is 16.1 Å². The van der Waals surface area contributed by atoms with E-state index in [-0.39, 0.29) is 0 Å². The first-order valence-electron chi connectivity index (χ1n) is 5.96. The Balaban J connectivity index is 3.47. The summed E-state index contributed by atoms with van der Waals surface area (Å²) in [4.78, 5) is 0. The number of hydrogen-bond donors (Lipinski definition) is 1. The molecule has 92 valence electrons. The van der Waals surface area contributed by atoms with Gasteiger partial charge in [-0.1, -0.05) is 50.1 Å². The molecule has 0 unspecified atom stereocenters. The fraction of sp³-hybridized carbons (Fsp3) is 0.429. The van der Waals surface area contributed by atoms with E-state index in [0.29, 0.717) is 5.75 Å². The predicted molar refractivity (Wildman–Crippen MR) is 81.8 cm³/mol. The van der Waals surface area contributed by atoms with Crippen LogP contribution in [0.1, 0.15) is 0 Å². The summed E-state index contributed by atoms with van der Waals surface area (Å²) in [5.41, 5.74) is 0. The number of aromatic hydroxyl groups is 1. The largest absolute Gasteiger partial charge is 0.508 e. The normalized spacial score (nSPS) is 12.2. The van der Waals surface area contributed by atoms with Gasteiger partial charge in [-0.15, -0.1) is 12.3 Å². The van der Waals surface area contributed by atoms with Gasteiger partial charge in [-0.3, -0.25) is 0 Å². The molecule has 0 fully saturated rings. The summed E-state index contributed by atoms with van der Waals surface area (Å²) in [6.45, 7) is 11.4. The van der Waals surface area contributed by atoms with Crippen LogP contribution in [0.25, 0.3) is 0 Å². The molecule has 1 aromatic rings. The van der Waals surface area contributed by atoms with Crippen LogP contribution < -0.4 is 10.4 Å². The van der Waals surface area contributed by atoms with E-state index in [1.807, 2.05) is 6.07 Å². The highest BCUT2D eigenvalue weighted by atomic mass is 28.3. The van der Waals surface area contributed by atoms with Crippen molar-refractivity contribution in [1.29, 1.82) is 0 Å². The van der Waals surface area contributed by atoms with Gasteiger partial charge in [0, 0.05) is 6.04 Å². The third kappa shape index (κ3) is 3.02. The van der Waals surface area contributed by atoms with Gasteiger partial charge < -0.3 is 5.11 Å². The summed E-state index contributed by atoms with van der Waals surface area (Å²) < 4.78 is 0. The zero-order valence-corrected chi connectivity index (χ0v) is 13.5. The lowest BCUT2D eigenvalue weighted by atomic mass is 10.3. The second-order valence-corrected chi connectivity index (χ2v) is 15.9. The average molecular weight is 263 g/mol. The van der Waals surface area contributed by atoms with Crippen molar-refractivity contribution in [3.05, 3.63) is 18.2 Å². The lowest BCUT2D eigenvalue weighted by Gasteiger charge is -2.30. The monoisotopic (exact) mass is 262 g/mol. The molecule has 0 spiro atoms. The molecule has 0 saturated carbocycles. The minimum absolute atomic E-state index is 0.442. The first kappa shape index (κ1) is 14.1. The van der Waals surface area contributed by atoms with Crippen LogP contribution in [0.4, 0.5) is 0 Å². The van der Waals surface area contributed by atoms with Gasteiger partial charge in [0.05, 0.1) is 16.1 Å². The summed E-state index contributed by atoms with van der Waals surface area (Å²) in [5, 5.41) is 12.7. The standard InChI is InChI=1S/C14H22OSi2/c1-7-11-17(5,6)14-12(15)9-8-10-13(14)16(2,3)4/h1,8-10,15H,11H2,2-6H3. The van der Waals surface area contributed by atoms with E-state index in [0.717, 1.165) is 6.04 Å². The Morgan fingerprint density at radius 1 is 1.18 bits per heavy atom. The quantitative estimate of drug-likeness (QED) is 0.655. The van der Waals surface area contributed by atoms with Gasteiger partial charge in [-0.2, -0.15) is 0 Å². The SMILES string of the molecule is C#CC[Si](C)(C)c1c(O)cccc1[Si](C)(C)C. The summed E-state index contributed by atoms with van der Waals surface area (Å²) in [6, 6.07) is 6.70. The van der Waals surface area contributed by atoms with E-state index >= 15 is 0 Å². The van der Waals surface area contributed by atoms with Crippen molar-refractivity contribution in [2.45, 2.75) is 38.8 Å². The van der Waals surface area contributed by atoms with Crippen LogP contribution in [0.2, 0.25) is 38.8 Å². The molecule has 1 aromatic carbocycles. The molecule has 17 heavy (non-hydrogen) atoms. The highest BCUT2D eigenvalue weighted by molar-refractivity contribution is 6.99. The molecule has 1 rings (SSSR count). The summed E-state index contributed by atoms with van der Waals surface area (Å²) in [7, 11) is -3.17. The number of hydrogen-bond acceptors (Lipinski definition) is 1. The van der Waals surface area contributed by atoms with Crippen molar-refractivity contribution in [3.63, 3.8) is 0 Å².